The summed E-state index contributed by atoms with van der Waals surface area (Å²) in [5.74, 6) is 0. The lowest BCUT2D eigenvalue weighted by molar-refractivity contribution is 0.662. The predicted octanol–water partition coefficient (Wildman–Crippen LogP) is 1.95. The first-order valence-corrected chi connectivity index (χ1v) is 3.93. The highest BCUT2D eigenvalue weighted by atomic mass is 31.0. The maximum Gasteiger partial charge on any atom is -0.00144 e. The number of hydrogen-bond donors (Lipinski definition) is 1. The molecule has 0 aliphatic carbocycles. The van der Waals surface area contributed by atoms with Gasteiger partial charge in [-0.05, 0) is 13.0 Å². The van der Waals surface area contributed by atoms with Gasteiger partial charge in [0.05, 0.1) is 0 Å². The molecule has 0 aliphatic heterocycles. The average molecular weight is 133 g/mol. The summed E-state index contributed by atoms with van der Waals surface area (Å²) < 4.78 is 0. The van der Waals surface area contributed by atoms with Crippen molar-refractivity contribution in [3.63, 3.8) is 0 Å². The maximum absolute atomic E-state index is 3.04. The summed E-state index contributed by atoms with van der Waals surface area (Å²) in [7, 11) is 2.52. The van der Waals surface area contributed by atoms with Crippen molar-refractivity contribution < 1.29 is 0 Å². The molecule has 0 aromatic carbocycles. The van der Waals surface area contributed by atoms with Crippen LogP contribution in [0.1, 0.15) is 32.6 Å². The van der Waals surface area contributed by atoms with E-state index in [4.69, 9.17) is 0 Å². The zero-order valence-electron chi connectivity index (χ0n) is 5.61. The van der Waals surface area contributed by atoms with Crippen molar-refractivity contribution in [2.45, 2.75) is 32.6 Å². The van der Waals surface area contributed by atoms with Crippen molar-refractivity contribution in [3.8, 4) is 0 Å². The summed E-state index contributed by atoms with van der Waals surface area (Å²) in [6.07, 6.45) is 5.40. The first kappa shape index (κ1) is 8.39. The van der Waals surface area contributed by atoms with E-state index in [1.807, 2.05) is 0 Å². The van der Waals surface area contributed by atoms with Gasteiger partial charge in [0.1, 0.15) is 0 Å². The normalized spacial score (nSPS) is 9.75. The van der Waals surface area contributed by atoms with E-state index in [1.54, 1.807) is 0 Å². The molecule has 2 heteroatoms. The molecule has 1 unspecified atom stereocenters. The molecule has 8 heavy (non-hydrogen) atoms. The van der Waals surface area contributed by atoms with Crippen LogP contribution in [0.2, 0.25) is 0 Å². The summed E-state index contributed by atoms with van der Waals surface area (Å²) in [6.45, 7) is 3.37. The Hall–Kier alpha value is 0.390. The molecule has 0 aliphatic rings. The van der Waals surface area contributed by atoms with Gasteiger partial charge in [-0.25, -0.2) is 0 Å². The Balaban J connectivity index is 2.53. The molecular weight excluding hydrogens is 117 g/mol. The molecule has 0 aromatic heterocycles. The molecule has 1 N–H and O–H groups in total. The zero-order chi connectivity index (χ0) is 6.24. The van der Waals surface area contributed by atoms with E-state index in [1.165, 1.54) is 25.7 Å². The molecular formula is C6H16NP. The monoisotopic (exact) mass is 133 g/mol. The molecule has 0 rings (SSSR count). The van der Waals surface area contributed by atoms with Gasteiger partial charge in [0.2, 0.25) is 0 Å². The van der Waals surface area contributed by atoms with Gasteiger partial charge in [-0.3, -0.25) is 0 Å². The van der Waals surface area contributed by atoms with E-state index < -0.39 is 0 Å². The van der Waals surface area contributed by atoms with E-state index in [0.717, 1.165) is 6.54 Å². The lowest BCUT2D eigenvalue weighted by Gasteiger charge is -1.95. The van der Waals surface area contributed by atoms with Crippen LogP contribution in [0, 0.1) is 0 Å². The Labute approximate surface area is 54.5 Å². The molecule has 0 heterocycles. The smallest absolute Gasteiger partial charge is 0.00144 e. The largest absolute Gasteiger partial charge is 0.301 e. The van der Waals surface area contributed by atoms with Crippen LogP contribution >= 0.6 is 9.39 Å². The molecule has 0 amide bonds. The lowest BCUT2D eigenvalue weighted by atomic mass is 10.2. The third kappa shape index (κ3) is 6.39. The summed E-state index contributed by atoms with van der Waals surface area (Å²) in [4.78, 5) is 0. The second-order valence-corrected chi connectivity index (χ2v) is 2.42. The highest BCUT2D eigenvalue weighted by Gasteiger charge is 1.82. The van der Waals surface area contributed by atoms with Crippen LogP contribution in [0.4, 0.5) is 0 Å². The van der Waals surface area contributed by atoms with Crippen molar-refractivity contribution in [1.82, 2.24) is 5.09 Å². The minimum absolute atomic E-state index is 1.14. The van der Waals surface area contributed by atoms with Crippen molar-refractivity contribution >= 4 is 9.39 Å². The zero-order valence-corrected chi connectivity index (χ0v) is 6.77. The summed E-state index contributed by atoms with van der Waals surface area (Å²) in [5, 5.41) is 3.04. The summed E-state index contributed by atoms with van der Waals surface area (Å²) in [5.41, 5.74) is 0. The fourth-order valence-electron chi connectivity index (χ4n) is 0.654. The molecule has 0 saturated heterocycles. The molecule has 1 nitrogen and oxygen atoms in total. The van der Waals surface area contributed by atoms with Crippen LogP contribution in [0.25, 0.3) is 0 Å². The fraction of sp³-hybridized carbons (Fsp3) is 1.00. The van der Waals surface area contributed by atoms with Crippen LogP contribution in [-0.2, 0) is 0 Å². The molecule has 0 fully saturated rings. The van der Waals surface area contributed by atoms with Gasteiger partial charge >= 0.3 is 0 Å². The molecule has 0 radical (unpaired) electrons. The molecule has 50 valence electrons. The molecule has 1 atom stereocenters. The van der Waals surface area contributed by atoms with Crippen LogP contribution in [0.15, 0.2) is 0 Å². The van der Waals surface area contributed by atoms with Gasteiger partial charge in [0.15, 0.2) is 0 Å². The van der Waals surface area contributed by atoms with Crippen molar-refractivity contribution in [2.75, 3.05) is 6.54 Å². The highest BCUT2D eigenvalue weighted by molar-refractivity contribution is 7.13. The minimum atomic E-state index is 1.14. The van der Waals surface area contributed by atoms with E-state index in [0.29, 0.717) is 0 Å². The minimum Gasteiger partial charge on any atom is -0.301 e. The number of unbranched alkanes of at least 4 members (excludes halogenated alkanes) is 3. The van der Waals surface area contributed by atoms with Crippen molar-refractivity contribution in [3.05, 3.63) is 0 Å². The van der Waals surface area contributed by atoms with Gasteiger partial charge in [0, 0.05) is 0 Å². The standard InChI is InChI=1S/C6H16NP/c1-2-3-4-5-6-7-8/h7H,2-6,8H2,1H3. The van der Waals surface area contributed by atoms with E-state index in [2.05, 4.69) is 21.4 Å². The van der Waals surface area contributed by atoms with Gasteiger partial charge < -0.3 is 5.09 Å². The lowest BCUT2D eigenvalue weighted by Crippen LogP contribution is -1.98. The Morgan fingerprint density at radius 1 is 1.25 bits per heavy atom. The summed E-state index contributed by atoms with van der Waals surface area (Å²) >= 11 is 0. The third-order valence-corrected chi connectivity index (χ3v) is 1.46. The fourth-order valence-corrected chi connectivity index (χ4v) is 0.858. The van der Waals surface area contributed by atoms with Crippen molar-refractivity contribution in [2.24, 2.45) is 0 Å². The molecule has 0 aromatic rings. The van der Waals surface area contributed by atoms with Gasteiger partial charge in [-0.15, -0.1) is 0 Å². The van der Waals surface area contributed by atoms with Gasteiger partial charge in [0.25, 0.3) is 0 Å². The van der Waals surface area contributed by atoms with E-state index in [-0.39, 0.29) is 0 Å². The number of nitrogens with one attached hydrogen (secondary N) is 1. The van der Waals surface area contributed by atoms with Gasteiger partial charge in [-0.2, -0.15) is 0 Å². The second kappa shape index (κ2) is 7.39. The molecule has 0 bridgehead atoms. The number of rotatable bonds is 5. The average Bonchev–Trinajstić information content (AvgIpc) is 1.81. The highest BCUT2D eigenvalue weighted by Crippen LogP contribution is 1.96. The van der Waals surface area contributed by atoms with E-state index in [9.17, 15) is 0 Å². The Kier molecular flexibility index (Phi) is 7.75. The maximum atomic E-state index is 3.04. The third-order valence-electron chi connectivity index (χ3n) is 1.17. The number of hydrogen-bond acceptors (Lipinski definition) is 1. The Morgan fingerprint density at radius 2 is 2.00 bits per heavy atom. The van der Waals surface area contributed by atoms with E-state index >= 15 is 0 Å². The van der Waals surface area contributed by atoms with Crippen LogP contribution in [0.3, 0.4) is 0 Å². The SMILES string of the molecule is CCCCCCNP. The molecule has 0 spiro atoms. The Bertz CT molecular complexity index is 33.5. The van der Waals surface area contributed by atoms with Crippen molar-refractivity contribution in [1.29, 1.82) is 0 Å². The molecule has 0 saturated carbocycles. The van der Waals surface area contributed by atoms with Crippen LogP contribution < -0.4 is 5.09 Å². The topological polar surface area (TPSA) is 12.0 Å². The first-order valence-electron chi connectivity index (χ1n) is 3.35. The first-order chi connectivity index (χ1) is 3.91. The predicted molar refractivity (Wildman–Crippen MR) is 41.9 cm³/mol. The van der Waals surface area contributed by atoms with Crippen LogP contribution in [-0.4, -0.2) is 6.54 Å². The summed E-state index contributed by atoms with van der Waals surface area (Å²) in [6, 6.07) is 0. The van der Waals surface area contributed by atoms with Gasteiger partial charge in [-0.1, -0.05) is 35.6 Å². The van der Waals surface area contributed by atoms with Crippen LogP contribution in [0.5, 0.6) is 0 Å². The Morgan fingerprint density at radius 3 is 2.50 bits per heavy atom. The second-order valence-electron chi connectivity index (χ2n) is 2.01. The quantitative estimate of drug-likeness (QED) is 0.446.